The van der Waals surface area contributed by atoms with E-state index in [9.17, 15) is 9.90 Å². The molecule has 0 radical (unpaired) electrons. The fraction of sp³-hybridized carbons (Fsp3) is 0.455. The predicted octanol–water partition coefficient (Wildman–Crippen LogP) is 2.81. The monoisotopic (exact) mass is 590 g/mol. The van der Waals surface area contributed by atoms with Crippen molar-refractivity contribution in [3.05, 3.63) is 84.1 Å². The highest BCUT2D eigenvalue weighted by molar-refractivity contribution is 5.82. The van der Waals surface area contributed by atoms with Gasteiger partial charge in [0.25, 0.3) is 5.91 Å². The van der Waals surface area contributed by atoms with Crippen molar-refractivity contribution in [2.75, 3.05) is 26.4 Å². The fourth-order valence-corrected chi connectivity index (χ4v) is 5.04. The Bertz CT molecular complexity index is 1260. The number of ether oxygens (including phenoxy) is 2. The largest absolute Gasteiger partial charge is 0.493 e. The molecular weight excluding hydrogens is 544 g/mol. The van der Waals surface area contributed by atoms with Crippen LogP contribution in [-0.2, 0) is 22.5 Å². The highest BCUT2D eigenvalue weighted by Crippen LogP contribution is 2.21. The topological polar surface area (TPSA) is 148 Å². The molecule has 10 nitrogen and oxygen atoms in total. The fourth-order valence-electron chi connectivity index (χ4n) is 5.04. The molecule has 43 heavy (non-hydrogen) atoms. The maximum atomic E-state index is 13.2. The van der Waals surface area contributed by atoms with Gasteiger partial charge < -0.3 is 20.3 Å². The number of aliphatic hydroxyl groups excluding tert-OH is 1. The van der Waals surface area contributed by atoms with Crippen molar-refractivity contribution in [1.82, 2.24) is 20.8 Å². The molecule has 0 saturated carbocycles. The normalized spacial score (nSPS) is 17.4. The Balaban J connectivity index is 1.39. The molecule has 3 aromatic rings. The number of aromatic nitrogens is 1. The second-order valence-electron chi connectivity index (χ2n) is 12.4. The van der Waals surface area contributed by atoms with Crippen LogP contribution < -0.4 is 27.2 Å². The van der Waals surface area contributed by atoms with Crippen LogP contribution in [0, 0.1) is 11.3 Å². The van der Waals surface area contributed by atoms with E-state index in [-0.39, 0.29) is 12.5 Å². The van der Waals surface area contributed by atoms with E-state index >= 15 is 0 Å². The minimum Gasteiger partial charge on any atom is -0.493 e. The number of nitrogens with two attached hydrogens (primary N) is 2. The van der Waals surface area contributed by atoms with Gasteiger partial charge in [-0.2, -0.15) is 0 Å². The van der Waals surface area contributed by atoms with Crippen LogP contribution in [0.25, 0.3) is 11.3 Å². The van der Waals surface area contributed by atoms with Gasteiger partial charge in [0.1, 0.15) is 11.8 Å². The summed E-state index contributed by atoms with van der Waals surface area (Å²) in [5, 5.41) is 12.8. The van der Waals surface area contributed by atoms with Gasteiger partial charge >= 0.3 is 0 Å². The predicted molar refractivity (Wildman–Crippen MR) is 167 cm³/mol. The summed E-state index contributed by atoms with van der Waals surface area (Å²) in [6.45, 7) is 8.47. The summed E-state index contributed by atoms with van der Waals surface area (Å²) in [5.41, 5.74) is 15.4. The number of amides is 1. The summed E-state index contributed by atoms with van der Waals surface area (Å²) in [7, 11) is 0. The number of aliphatic hydroxyl groups is 1. The number of carbonyl (C=O) groups excluding carboxylic acids is 1. The zero-order valence-electron chi connectivity index (χ0n) is 25.4. The average Bonchev–Trinajstić information content (AvgIpc) is 3.51. The molecule has 4 atom stereocenters. The van der Waals surface area contributed by atoms with Crippen molar-refractivity contribution < 1.29 is 19.4 Å². The standard InChI is InChI=1S/C33H46N6O4/c1-33(2,3)31(37-35)32(41)38-39(19-24-7-11-26(12-8-24)29-6-4-5-16-36-29)20-30(40)28(34)18-23-9-13-27(14-10-23)43-22-25-15-17-42-21-25/h4-14,16,25,28,30-31,37,40H,15,17-22,34-35H2,1-3H3,(H,38,41)/t25?,28?,30-,31?/m0/s1. The summed E-state index contributed by atoms with van der Waals surface area (Å²) < 4.78 is 11.3. The molecular formula is C33H46N6O4. The van der Waals surface area contributed by atoms with Gasteiger partial charge in [0, 0.05) is 43.4 Å². The Hall–Kier alpha value is -3.38. The van der Waals surface area contributed by atoms with Crippen LogP contribution in [0.2, 0.25) is 0 Å². The lowest BCUT2D eigenvalue weighted by Crippen LogP contribution is -2.59. The van der Waals surface area contributed by atoms with Crippen molar-refractivity contribution in [3.8, 4) is 17.0 Å². The third kappa shape index (κ3) is 9.82. The van der Waals surface area contributed by atoms with Gasteiger partial charge in [0.05, 0.1) is 25.0 Å². The van der Waals surface area contributed by atoms with E-state index in [1.807, 2.05) is 87.5 Å². The van der Waals surface area contributed by atoms with Gasteiger partial charge in [-0.1, -0.05) is 63.2 Å². The van der Waals surface area contributed by atoms with Crippen LogP contribution in [-0.4, -0.2) is 65.6 Å². The maximum Gasteiger partial charge on any atom is 0.253 e. The number of pyridine rings is 1. The van der Waals surface area contributed by atoms with Crippen molar-refractivity contribution in [1.29, 1.82) is 0 Å². The minimum atomic E-state index is -0.912. The summed E-state index contributed by atoms with van der Waals surface area (Å²) in [6, 6.07) is 20.3. The zero-order valence-corrected chi connectivity index (χ0v) is 25.4. The van der Waals surface area contributed by atoms with E-state index in [0.717, 1.165) is 47.8 Å². The molecule has 0 bridgehead atoms. The van der Waals surface area contributed by atoms with Gasteiger partial charge in [-0.3, -0.25) is 21.0 Å². The Morgan fingerprint density at radius 3 is 2.44 bits per heavy atom. The first-order chi connectivity index (χ1) is 20.6. The number of rotatable bonds is 14. The second-order valence-corrected chi connectivity index (χ2v) is 12.4. The summed E-state index contributed by atoms with van der Waals surface area (Å²) in [4.78, 5) is 17.6. The number of hydrazine groups is 2. The molecule has 3 unspecified atom stereocenters. The number of carbonyl (C=O) groups is 1. The summed E-state index contributed by atoms with van der Waals surface area (Å²) in [6.07, 6.45) is 2.34. The van der Waals surface area contributed by atoms with E-state index in [1.165, 1.54) is 0 Å². The lowest BCUT2D eigenvalue weighted by molar-refractivity contribution is -0.131. The Labute approximate surface area is 254 Å². The lowest BCUT2D eigenvalue weighted by atomic mass is 9.87. The van der Waals surface area contributed by atoms with Gasteiger partial charge in [-0.15, -0.1) is 0 Å². The summed E-state index contributed by atoms with van der Waals surface area (Å²) >= 11 is 0. The number of hydrogen-bond acceptors (Lipinski definition) is 9. The van der Waals surface area contributed by atoms with E-state index in [0.29, 0.717) is 25.5 Å². The first-order valence-corrected chi connectivity index (χ1v) is 14.9. The van der Waals surface area contributed by atoms with E-state index in [4.69, 9.17) is 21.1 Å². The van der Waals surface area contributed by atoms with Crippen LogP contribution in [0.3, 0.4) is 0 Å². The van der Waals surface area contributed by atoms with Gasteiger partial charge in [-0.25, -0.2) is 10.4 Å². The minimum absolute atomic E-state index is 0.126. The Kier molecular flexibility index (Phi) is 11.6. The molecule has 4 rings (SSSR count). The summed E-state index contributed by atoms with van der Waals surface area (Å²) in [5.74, 6) is 6.68. The van der Waals surface area contributed by atoms with Gasteiger partial charge in [0.15, 0.2) is 0 Å². The molecule has 10 heteroatoms. The second kappa shape index (κ2) is 15.4. The lowest BCUT2D eigenvalue weighted by Gasteiger charge is -2.33. The molecule has 1 amide bonds. The highest BCUT2D eigenvalue weighted by Gasteiger charge is 2.32. The molecule has 2 aromatic carbocycles. The molecule has 1 saturated heterocycles. The molecule has 1 aromatic heterocycles. The number of benzene rings is 2. The smallest absolute Gasteiger partial charge is 0.253 e. The molecule has 1 aliphatic heterocycles. The SMILES string of the molecule is CC(C)(C)C(NN)C(=O)NN(Cc1ccc(-c2ccccn2)cc1)C[C@H](O)C(N)Cc1ccc(OCC2CCOC2)cc1. The van der Waals surface area contributed by atoms with Crippen LogP contribution in [0.5, 0.6) is 5.75 Å². The van der Waals surface area contributed by atoms with Gasteiger partial charge in [0.2, 0.25) is 0 Å². The molecule has 1 fully saturated rings. The highest BCUT2D eigenvalue weighted by atomic mass is 16.5. The van der Waals surface area contributed by atoms with Gasteiger partial charge in [-0.05, 0) is 53.6 Å². The van der Waals surface area contributed by atoms with Crippen molar-refractivity contribution in [3.63, 3.8) is 0 Å². The van der Waals surface area contributed by atoms with E-state index in [2.05, 4.69) is 15.8 Å². The number of nitrogens with one attached hydrogen (secondary N) is 2. The van der Waals surface area contributed by atoms with E-state index in [1.54, 1.807) is 11.2 Å². The van der Waals surface area contributed by atoms with Crippen molar-refractivity contribution in [2.45, 2.75) is 58.3 Å². The Morgan fingerprint density at radius 1 is 1.12 bits per heavy atom. The van der Waals surface area contributed by atoms with Crippen molar-refractivity contribution >= 4 is 5.91 Å². The third-order valence-electron chi connectivity index (χ3n) is 7.66. The Morgan fingerprint density at radius 2 is 1.84 bits per heavy atom. The third-order valence-corrected chi connectivity index (χ3v) is 7.66. The molecule has 0 aliphatic carbocycles. The van der Waals surface area contributed by atoms with Crippen LogP contribution >= 0.6 is 0 Å². The van der Waals surface area contributed by atoms with Crippen LogP contribution in [0.1, 0.15) is 38.3 Å². The average molecular weight is 591 g/mol. The quantitative estimate of drug-likeness (QED) is 0.141. The zero-order chi connectivity index (χ0) is 30.8. The maximum absolute atomic E-state index is 13.2. The first kappa shape index (κ1) is 32.5. The molecule has 232 valence electrons. The van der Waals surface area contributed by atoms with E-state index < -0.39 is 23.6 Å². The number of nitrogens with zero attached hydrogens (tertiary/aromatic N) is 2. The van der Waals surface area contributed by atoms with Crippen LogP contribution in [0.15, 0.2) is 72.9 Å². The van der Waals surface area contributed by atoms with Crippen molar-refractivity contribution in [2.24, 2.45) is 22.9 Å². The number of hydrogen-bond donors (Lipinski definition) is 5. The first-order valence-electron chi connectivity index (χ1n) is 14.9. The van der Waals surface area contributed by atoms with Crippen LogP contribution in [0.4, 0.5) is 0 Å². The molecule has 7 N–H and O–H groups in total. The molecule has 0 spiro atoms. The molecule has 2 heterocycles. The molecule has 1 aliphatic rings.